The Balaban J connectivity index is 2.26. The van der Waals surface area contributed by atoms with Crippen molar-refractivity contribution < 1.29 is 4.92 Å². The van der Waals surface area contributed by atoms with E-state index in [-0.39, 0.29) is 5.69 Å². The van der Waals surface area contributed by atoms with Crippen molar-refractivity contribution in [2.75, 3.05) is 5.32 Å². The number of imidazole rings is 1. The number of aryl methyl sites for hydroxylation is 2. The third-order valence-electron chi connectivity index (χ3n) is 2.59. The van der Waals surface area contributed by atoms with Crippen LogP contribution in [0.2, 0.25) is 0 Å². The lowest BCUT2D eigenvalue weighted by Gasteiger charge is -2.03. The van der Waals surface area contributed by atoms with E-state index in [9.17, 15) is 10.1 Å². The van der Waals surface area contributed by atoms with Crippen LogP contribution in [0.1, 0.15) is 18.4 Å². The van der Waals surface area contributed by atoms with Crippen molar-refractivity contribution in [3.63, 3.8) is 0 Å². The Morgan fingerprint density at radius 1 is 1.61 bits per heavy atom. The lowest BCUT2D eigenvalue weighted by Crippen LogP contribution is -2.07. The number of aromatic nitrogens is 4. The van der Waals surface area contributed by atoms with Gasteiger partial charge in [-0.25, -0.2) is 9.67 Å². The van der Waals surface area contributed by atoms with Gasteiger partial charge < -0.3 is 10.3 Å². The maximum absolute atomic E-state index is 11.1. The van der Waals surface area contributed by atoms with Crippen LogP contribution in [0.25, 0.3) is 0 Å². The monoisotopic (exact) mass is 250 g/mol. The molecule has 0 radical (unpaired) electrons. The van der Waals surface area contributed by atoms with Crippen molar-refractivity contribution in [2.45, 2.75) is 19.9 Å². The maximum atomic E-state index is 11.1. The molecule has 0 bridgehead atoms. The molecule has 0 saturated carbocycles. The minimum Gasteiger partial charge on any atom is -0.357 e. The Morgan fingerprint density at radius 2 is 2.39 bits per heavy atom. The lowest BCUT2D eigenvalue weighted by molar-refractivity contribution is -0.384. The first-order chi connectivity index (χ1) is 8.63. The molecular formula is C10H14N6O2. The maximum Gasteiger partial charge on any atom is 0.333 e. The van der Waals surface area contributed by atoms with E-state index >= 15 is 0 Å². The summed E-state index contributed by atoms with van der Waals surface area (Å²) >= 11 is 0. The molecule has 0 unspecified atom stereocenters. The zero-order valence-corrected chi connectivity index (χ0v) is 10.2. The van der Waals surface area contributed by atoms with Crippen molar-refractivity contribution in [3.8, 4) is 0 Å². The molecule has 0 saturated heterocycles. The average Bonchev–Trinajstić information content (AvgIpc) is 2.93. The third kappa shape index (κ3) is 2.17. The van der Waals surface area contributed by atoms with Crippen LogP contribution in [0.15, 0.2) is 12.4 Å². The molecule has 8 nitrogen and oxygen atoms in total. The molecule has 2 rings (SSSR count). The lowest BCUT2D eigenvalue weighted by atomic mass is 10.3. The summed E-state index contributed by atoms with van der Waals surface area (Å²) in [4.78, 5) is 17.6. The fourth-order valence-electron chi connectivity index (χ4n) is 1.76. The highest BCUT2D eigenvalue weighted by atomic mass is 16.6. The number of H-pyrrole nitrogens is 1. The summed E-state index contributed by atoms with van der Waals surface area (Å²) in [6.07, 6.45) is 3.85. The molecular weight excluding hydrogens is 236 g/mol. The summed E-state index contributed by atoms with van der Waals surface area (Å²) in [5.41, 5.74) is 0.510. The number of nitrogens with one attached hydrogen (secondary N) is 2. The van der Waals surface area contributed by atoms with Crippen LogP contribution in [0, 0.1) is 10.1 Å². The summed E-state index contributed by atoms with van der Waals surface area (Å²) in [5.74, 6) is 1.11. The quantitative estimate of drug-likeness (QED) is 0.613. The molecule has 2 heterocycles. The minimum absolute atomic E-state index is 0.0338. The normalized spacial score (nSPS) is 10.6. The van der Waals surface area contributed by atoms with Gasteiger partial charge in [0.2, 0.25) is 5.82 Å². The van der Waals surface area contributed by atoms with Crippen LogP contribution >= 0.6 is 0 Å². The first-order valence-corrected chi connectivity index (χ1v) is 5.55. The summed E-state index contributed by atoms with van der Waals surface area (Å²) in [5, 5.41) is 18.2. The summed E-state index contributed by atoms with van der Waals surface area (Å²) in [6.45, 7) is 2.22. The molecule has 18 heavy (non-hydrogen) atoms. The number of rotatable bonds is 5. The topological polar surface area (TPSA) is 102 Å². The van der Waals surface area contributed by atoms with Gasteiger partial charge in [-0.3, -0.25) is 10.1 Å². The van der Waals surface area contributed by atoms with Crippen molar-refractivity contribution >= 4 is 11.5 Å². The van der Waals surface area contributed by atoms with Gasteiger partial charge >= 0.3 is 5.69 Å². The van der Waals surface area contributed by atoms with Crippen LogP contribution in [0.4, 0.5) is 11.5 Å². The van der Waals surface area contributed by atoms with E-state index in [1.807, 2.05) is 6.92 Å². The van der Waals surface area contributed by atoms with E-state index < -0.39 is 4.92 Å². The molecule has 0 fully saturated rings. The number of hydrogen-bond acceptors (Lipinski definition) is 5. The second-order valence-electron chi connectivity index (χ2n) is 3.77. The van der Waals surface area contributed by atoms with E-state index in [0.29, 0.717) is 30.3 Å². The highest BCUT2D eigenvalue weighted by Crippen LogP contribution is 2.28. The van der Waals surface area contributed by atoms with E-state index in [4.69, 9.17) is 0 Å². The molecule has 2 N–H and O–H groups in total. The minimum atomic E-state index is -0.406. The number of anilines is 1. The predicted molar refractivity (Wildman–Crippen MR) is 65.2 cm³/mol. The summed E-state index contributed by atoms with van der Waals surface area (Å²) in [7, 11) is 1.68. The van der Waals surface area contributed by atoms with E-state index in [1.165, 1.54) is 4.68 Å². The van der Waals surface area contributed by atoms with Crippen LogP contribution in [-0.2, 0) is 20.0 Å². The molecule has 0 atom stereocenters. The largest absolute Gasteiger partial charge is 0.357 e. The smallest absolute Gasteiger partial charge is 0.333 e. The van der Waals surface area contributed by atoms with Gasteiger partial charge in [-0.1, -0.05) is 6.92 Å². The van der Waals surface area contributed by atoms with E-state index in [2.05, 4.69) is 20.4 Å². The number of hydrogen-bond donors (Lipinski definition) is 2. The Hall–Kier alpha value is -2.38. The van der Waals surface area contributed by atoms with Crippen molar-refractivity contribution in [1.82, 2.24) is 19.7 Å². The Morgan fingerprint density at radius 3 is 2.94 bits per heavy atom. The first-order valence-electron chi connectivity index (χ1n) is 5.55. The molecule has 0 amide bonds. The third-order valence-corrected chi connectivity index (χ3v) is 2.59. The molecule has 96 valence electrons. The van der Waals surface area contributed by atoms with Gasteiger partial charge in [0, 0.05) is 19.4 Å². The first kappa shape index (κ1) is 12.1. The molecule has 0 aliphatic carbocycles. The van der Waals surface area contributed by atoms with Crippen molar-refractivity contribution in [3.05, 3.63) is 34.0 Å². The van der Waals surface area contributed by atoms with E-state index in [1.54, 1.807) is 19.4 Å². The molecule has 0 aliphatic heterocycles. The van der Waals surface area contributed by atoms with Gasteiger partial charge in [0.05, 0.1) is 11.5 Å². The fourth-order valence-corrected chi connectivity index (χ4v) is 1.76. The predicted octanol–water partition coefficient (Wildman–Crippen LogP) is 1.23. The number of nitro groups is 1. The van der Waals surface area contributed by atoms with Gasteiger partial charge in [0.1, 0.15) is 11.5 Å². The molecule has 0 aliphatic rings. The van der Waals surface area contributed by atoms with Crippen LogP contribution < -0.4 is 5.32 Å². The molecule has 0 spiro atoms. The highest BCUT2D eigenvalue weighted by Gasteiger charge is 2.25. The zero-order chi connectivity index (χ0) is 13.1. The Kier molecular flexibility index (Phi) is 3.26. The van der Waals surface area contributed by atoms with Gasteiger partial charge in [0.25, 0.3) is 0 Å². The SMILES string of the molecule is CCc1nn(C)c(NCc2ncc[nH]2)c1[N+](=O)[O-]. The highest BCUT2D eigenvalue weighted by molar-refractivity contribution is 5.59. The van der Waals surface area contributed by atoms with Gasteiger partial charge in [-0.2, -0.15) is 5.10 Å². The Labute approximate surface area is 103 Å². The van der Waals surface area contributed by atoms with Gasteiger partial charge in [-0.05, 0) is 6.42 Å². The van der Waals surface area contributed by atoms with Crippen LogP contribution in [0.5, 0.6) is 0 Å². The summed E-state index contributed by atoms with van der Waals surface area (Å²) in [6, 6.07) is 0. The molecule has 2 aromatic rings. The number of nitrogens with zero attached hydrogens (tertiary/aromatic N) is 4. The average molecular weight is 250 g/mol. The molecule has 0 aromatic carbocycles. The molecule has 8 heteroatoms. The standard InChI is InChI=1S/C10H14N6O2/c1-3-7-9(16(17)18)10(15(2)14-7)13-6-8-11-4-5-12-8/h4-5,13H,3,6H2,1-2H3,(H,11,12). The zero-order valence-electron chi connectivity index (χ0n) is 10.2. The number of aromatic amines is 1. The second-order valence-corrected chi connectivity index (χ2v) is 3.77. The van der Waals surface area contributed by atoms with Crippen LogP contribution in [-0.4, -0.2) is 24.7 Å². The Bertz CT molecular complexity index is 545. The fraction of sp³-hybridized carbons (Fsp3) is 0.400. The van der Waals surface area contributed by atoms with Crippen molar-refractivity contribution in [1.29, 1.82) is 0 Å². The van der Waals surface area contributed by atoms with Gasteiger partial charge in [0.15, 0.2) is 0 Å². The van der Waals surface area contributed by atoms with Crippen molar-refractivity contribution in [2.24, 2.45) is 7.05 Å². The summed E-state index contributed by atoms with van der Waals surface area (Å²) < 4.78 is 1.49. The second kappa shape index (κ2) is 4.86. The van der Waals surface area contributed by atoms with E-state index in [0.717, 1.165) is 0 Å². The van der Waals surface area contributed by atoms with Gasteiger partial charge in [-0.15, -0.1) is 0 Å². The van der Waals surface area contributed by atoms with Crippen LogP contribution in [0.3, 0.4) is 0 Å². The molecule has 2 aromatic heterocycles.